The van der Waals surface area contributed by atoms with E-state index >= 15 is 0 Å². The SMILES string of the molecule is CCCCCCCCCCCCCCCC(=O)OC1CCCn2c1nc(C)c(CCCl)c2=O. The van der Waals surface area contributed by atoms with Crippen LogP contribution in [0.25, 0.3) is 0 Å². The topological polar surface area (TPSA) is 61.2 Å². The third-order valence-electron chi connectivity index (χ3n) is 6.74. The van der Waals surface area contributed by atoms with E-state index in [1.165, 1.54) is 70.6 Å². The van der Waals surface area contributed by atoms with Crippen molar-refractivity contribution in [3.05, 3.63) is 27.4 Å². The van der Waals surface area contributed by atoms with Gasteiger partial charge in [0, 0.05) is 30.1 Å². The van der Waals surface area contributed by atoms with Crippen LogP contribution in [-0.4, -0.2) is 21.4 Å². The van der Waals surface area contributed by atoms with Crippen LogP contribution in [0.2, 0.25) is 0 Å². The molecule has 1 aromatic rings. The van der Waals surface area contributed by atoms with E-state index < -0.39 is 6.10 Å². The van der Waals surface area contributed by atoms with Crippen LogP contribution in [0.15, 0.2) is 4.79 Å². The molecular weight excluding hydrogens is 436 g/mol. The van der Waals surface area contributed by atoms with E-state index in [0.29, 0.717) is 42.3 Å². The molecule has 188 valence electrons. The van der Waals surface area contributed by atoms with Gasteiger partial charge in [0.1, 0.15) is 0 Å². The summed E-state index contributed by atoms with van der Waals surface area (Å²) < 4.78 is 7.43. The molecule has 0 aromatic carbocycles. The smallest absolute Gasteiger partial charge is 0.306 e. The van der Waals surface area contributed by atoms with Gasteiger partial charge in [-0.05, 0) is 32.6 Å². The number of halogens is 1. The zero-order valence-electron chi connectivity index (χ0n) is 21.0. The molecule has 33 heavy (non-hydrogen) atoms. The molecule has 0 bridgehead atoms. The van der Waals surface area contributed by atoms with Gasteiger partial charge < -0.3 is 4.74 Å². The van der Waals surface area contributed by atoms with Crippen molar-refractivity contribution in [2.45, 2.75) is 136 Å². The number of unbranched alkanes of at least 4 members (excludes halogenated alkanes) is 12. The van der Waals surface area contributed by atoms with E-state index in [1.54, 1.807) is 4.57 Å². The fraction of sp³-hybridized carbons (Fsp3) is 0.815. The second-order valence-electron chi connectivity index (χ2n) is 9.54. The number of rotatable bonds is 17. The number of hydrogen-bond donors (Lipinski definition) is 0. The maximum atomic E-state index is 12.8. The zero-order chi connectivity index (χ0) is 23.9. The van der Waals surface area contributed by atoms with Gasteiger partial charge in [-0.15, -0.1) is 11.6 Å². The van der Waals surface area contributed by atoms with E-state index in [1.807, 2.05) is 6.92 Å². The van der Waals surface area contributed by atoms with E-state index in [-0.39, 0.29) is 11.5 Å². The second-order valence-corrected chi connectivity index (χ2v) is 9.92. The predicted molar refractivity (Wildman–Crippen MR) is 136 cm³/mol. The number of aryl methyl sites for hydroxylation is 1. The molecule has 0 aliphatic carbocycles. The van der Waals surface area contributed by atoms with Crippen LogP contribution in [0.5, 0.6) is 0 Å². The Bertz CT molecular complexity index is 762. The summed E-state index contributed by atoms with van der Waals surface area (Å²) in [6.45, 7) is 4.73. The van der Waals surface area contributed by atoms with Crippen molar-refractivity contribution in [2.24, 2.45) is 0 Å². The Balaban J connectivity index is 1.61. The fourth-order valence-electron chi connectivity index (χ4n) is 4.75. The molecule has 0 N–H and O–H groups in total. The molecule has 6 heteroatoms. The van der Waals surface area contributed by atoms with Crippen LogP contribution in [0, 0.1) is 6.92 Å². The summed E-state index contributed by atoms with van der Waals surface area (Å²) in [5, 5.41) is 0. The highest BCUT2D eigenvalue weighted by Gasteiger charge is 2.27. The highest BCUT2D eigenvalue weighted by atomic mass is 35.5. The fourth-order valence-corrected chi connectivity index (χ4v) is 4.93. The largest absolute Gasteiger partial charge is 0.454 e. The number of fused-ring (bicyclic) bond motifs is 1. The van der Waals surface area contributed by atoms with Gasteiger partial charge in [-0.3, -0.25) is 14.2 Å². The van der Waals surface area contributed by atoms with Gasteiger partial charge >= 0.3 is 5.97 Å². The van der Waals surface area contributed by atoms with Gasteiger partial charge in [0.25, 0.3) is 5.56 Å². The Morgan fingerprint density at radius 2 is 1.58 bits per heavy atom. The number of nitrogens with zero attached hydrogens (tertiary/aromatic N) is 2. The lowest BCUT2D eigenvalue weighted by Gasteiger charge is -2.26. The van der Waals surface area contributed by atoms with Crippen molar-refractivity contribution in [3.63, 3.8) is 0 Å². The highest BCUT2D eigenvalue weighted by molar-refractivity contribution is 6.18. The third-order valence-corrected chi connectivity index (χ3v) is 6.93. The molecule has 1 aromatic heterocycles. The lowest BCUT2D eigenvalue weighted by Crippen LogP contribution is -2.35. The Morgan fingerprint density at radius 1 is 1.00 bits per heavy atom. The van der Waals surface area contributed by atoms with Crippen LogP contribution in [0.4, 0.5) is 0 Å². The molecule has 1 aliphatic rings. The summed E-state index contributed by atoms with van der Waals surface area (Å²) in [5.74, 6) is 0.823. The van der Waals surface area contributed by atoms with Crippen LogP contribution in [0.1, 0.15) is 133 Å². The number of hydrogen-bond acceptors (Lipinski definition) is 4. The van der Waals surface area contributed by atoms with Gasteiger partial charge in [-0.1, -0.05) is 84.0 Å². The van der Waals surface area contributed by atoms with Crippen LogP contribution >= 0.6 is 11.6 Å². The van der Waals surface area contributed by atoms with Gasteiger partial charge in [0.05, 0.1) is 0 Å². The molecule has 0 spiro atoms. The van der Waals surface area contributed by atoms with E-state index in [2.05, 4.69) is 11.9 Å². The minimum absolute atomic E-state index is 0.0320. The maximum Gasteiger partial charge on any atom is 0.306 e. The summed E-state index contributed by atoms with van der Waals surface area (Å²) in [5.41, 5.74) is 1.34. The lowest BCUT2D eigenvalue weighted by molar-refractivity contribution is -0.151. The van der Waals surface area contributed by atoms with Gasteiger partial charge in [-0.25, -0.2) is 4.98 Å². The number of carbonyl (C=O) groups is 1. The molecule has 2 heterocycles. The van der Waals surface area contributed by atoms with E-state index in [0.717, 1.165) is 25.7 Å². The molecule has 2 rings (SSSR count). The second kappa shape index (κ2) is 16.3. The number of aromatic nitrogens is 2. The Morgan fingerprint density at radius 3 is 2.15 bits per heavy atom. The first kappa shape index (κ1) is 27.9. The van der Waals surface area contributed by atoms with Crippen molar-refractivity contribution >= 4 is 17.6 Å². The molecule has 5 nitrogen and oxygen atoms in total. The normalized spacial score (nSPS) is 15.4. The van der Waals surface area contributed by atoms with Crippen LogP contribution in [0.3, 0.4) is 0 Å². The molecule has 1 atom stereocenters. The predicted octanol–water partition coefficient (Wildman–Crippen LogP) is 7.19. The molecule has 0 fully saturated rings. The first-order valence-corrected chi connectivity index (χ1v) is 14.0. The average molecular weight is 481 g/mol. The summed E-state index contributed by atoms with van der Waals surface area (Å²) in [6, 6.07) is 0. The number of carbonyl (C=O) groups excluding carboxylic acids is 1. The Hall–Kier alpha value is -1.36. The maximum absolute atomic E-state index is 12.8. The van der Waals surface area contributed by atoms with E-state index in [9.17, 15) is 9.59 Å². The van der Waals surface area contributed by atoms with Crippen molar-refractivity contribution in [1.82, 2.24) is 9.55 Å². The summed E-state index contributed by atoms with van der Waals surface area (Å²) in [7, 11) is 0. The molecular formula is C27H45ClN2O3. The first-order valence-electron chi connectivity index (χ1n) is 13.4. The van der Waals surface area contributed by atoms with Crippen molar-refractivity contribution in [2.75, 3.05) is 5.88 Å². The average Bonchev–Trinajstić information content (AvgIpc) is 2.80. The van der Waals surface area contributed by atoms with Gasteiger partial charge in [-0.2, -0.15) is 0 Å². The Kier molecular flexibility index (Phi) is 13.8. The molecule has 0 saturated heterocycles. The molecule has 0 saturated carbocycles. The standard InChI is InChI=1S/C27H45ClN2O3/c1-3-4-5-6-7-8-9-10-11-12-13-14-15-18-25(31)33-24-17-16-21-30-26(24)29-22(2)23(19-20-28)27(30)32/h24H,3-21H2,1-2H3. The first-order chi connectivity index (χ1) is 16.1. The summed E-state index contributed by atoms with van der Waals surface area (Å²) in [6.07, 6.45) is 18.8. The van der Waals surface area contributed by atoms with Crippen LogP contribution < -0.4 is 5.56 Å². The van der Waals surface area contributed by atoms with Crippen molar-refractivity contribution in [1.29, 1.82) is 0 Å². The summed E-state index contributed by atoms with van der Waals surface area (Å²) >= 11 is 5.84. The van der Waals surface area contributed by atoms with Gasteiger partial charge in [0.2, 0.25) is 0 Å². The minimum atomic E-state index is -0.412. The lowest BCUT2D eigenvalue weighted by atomic mass is 10.0. The summed E-state index contributed by atoms with van der Waals surface area (Å²) in [4.78, 5) is 29.8. The quantitative estimate of drug-likeness (QED) is 0.134. The molecule has 1 unspecified atom stereocenters. The Labute approximate surface area is 205 Å². The molecule has 1 aliphatic heterocycles. The zero-order valence-corrected chi connectivity index (χ0v) is 21.8. The monoisotopic (exact) mass is 480 g/mol. The molecule has 0 amide bonds. The number of ether oxygens (including phenoxy) is 1. The molecule has 0 radical (unpaired) electrons. The minimum Gasteiger partial charge on any atom is -0.454 e. The van der Waals surface area contributed by atoms with Gasteiger partial charge in [0.15, 0.2) is 11.9 Å². The van der Waals surface area contributed by atoms with E-state index in [4.69, 9.17) is 16.3 Å². The van der Waals surface area contributed by atoms with Crippen molar-refractivity contribution < 1.29 is 9.53 Å². The third kappa shape index (κ3) is 9.80. The number of esters is 1. The highest BCUT2D eigenvalue weighted by Crippen LogP contribution is 2.27. The van der Waals surface area contributed by atoms with Crippen molar-refractivity contribution in [3.8, 4) is 0 Å². The number of alkyl halides is 1. The van der Waals surface area contributed by atoms with Crippen LogP contribution in [-0.2, 0) is 22.5 Å².